The third kappa shape index (κ3) is 4.40. The van der Waals surface area contributed by atoms with Crippen molar-refractivity contribution in [1.82, 2.24) is 34.7 Å². The summed E-state index contributed by atoms with van der Waals surface area (Å²) < 4.78 is 7.56. The highest BCUT2D eigenvalue weighted by Gasteiger charge is 2.21. The van der Waals surface area contributed by atoms with Gasteiger partial charge in [0.15, 0.2) is 0 Å². The predicted octanol–water partition coefficient (Wildman–Crippen LogP) is 3.08. The summed E-state index contributed by atoms with van der Waals surface area (Å²) in [6, 6.07) is 14.2. The van der Waals surface area contributed by atoms with E-state index in [-0.39, 0.29) is 0 Å². The molecule has 0 saturated carbocycles. The van der Waals surface area contributed by atoms with Crippen LogP contribution in [0, 0.1) is 6.92 Å². The van der Waals surface area contributed by atoms with Crippen molar-refractivity contribution in [2.75, 3.05) is 26.2 Å². The zero-order chi connectivity index (χ0) is 21.0. The van der Waals surface area contributed by atoms with Crippen molar-refractivity contribution in [3.63, 3.8) is 0 Å². The largest absolute Gasteiger partial charge is 0.338 e. The molecule has 1 aromatic carbocycles. The highest BCUT2D eigenvalue weighted by Crippen LogP contribution is 2.21. The van der Waals surface area contributed by atoms with E-state index in [1.807, 2.05) is 47.4 Å². The Morgan fingerprint density at radius 3 is 2.58 bits per heavy atom. The van der Waals surface area contributed by atoms with Gasteiger partial charge in [0.05, 0.1) is 18.9 Å². The summed E-state index contributed by atoms with van der Waals surface area (Å²) in [6.45, 7) is 7.33. The van der Waals surface area contributed by atoms with Crippen LogP contribution in [0.4, 0.5) is 0 Å². The van der Waals surface area contributed by atoms with E-state index in [1.54, 1.807) is 6.20 Å². The van der Waals surface area contributed by atoms with Gasteiger partial charge in [0.2, 0.25) is 11.7 Å². The van der Waals surface area contributed by atoms with Crippen LogP contribution in [0.15, 0.2) is 65.6 Å². The molecule has 0 bridgehead atoms. The van der Waals surface area contributed by atoms with E-state index in [1.165, 1.54) is 0 Å². The maximum absolute atomic E-state index is 5.52. The SMILES string of the molecule is Cc1ccccc1-c1noc(CN2CCN(Cn3nccc3-c3cccnc3)CC2)n1. The zero-order valence-corrected chi connectivity index (χ0v) is 17.6. The summed E-state index contributed by atoms with van der Waals surface area (Å²) in [7, 11) is 0. The van der Waals surface area contributed by atoms with Crippen molar-refractivity contribution in [3.8, 4) is 22.6 Å². The Hall–Kier alpha value is -3.36. The minimum Gasteiger partial charge on any atom is -0.338 e. The number of rotatable bonds is 6. The van der Waals surface area contributed by atoms with E-state index in [2.05, 4.69) is 49.1 Å². The minimum absolute atomic E-state index is 0.661. The first-order chi connectivity index (χ1) is 15.3. The molecular weight excluding hydrogens is 390 g/mol. The Labute approximate surface area is 181 Å². The second kappa shape index (κ2) is 8.79. The monoisotopic (exact) mass is 415 g/mol. The minimum atomic E-state index is 0.661. The van der Waals surface area contributed by atoms with Crippen molar-refractivity contribution in [2.45, 2.75) is 20.1 Å². The Balaban J connectivity index is 1.17. The smallest absolute Gasteiger partial charge is 0.241 e. The van der Waals surface area contributed by atoms with Crippen LogP contribution in [0.25, 0.3) is 22.6 Å². The molecule has 8 nitrogen and oxygen atoms in total. The number of pyridine rings is 1. The fourth-order valence-corrected chi connectivity index (χ4v) is 3.93. The van der Waals surface area contributed by atoms with Crippen molar-refractivity contribution in [3.05, 3.63) is 72.5 Å². The Kier molecular flexibility index (Phi) is 5.56. The molecule has 0 atom stereocenters. The van der Waals surface area contributed by atoms with E-state index in [9.17, 15) is 0 Å². The third-order valence-corrected chi connectivity index (χ3v) is 5.69. The topological polar surface area (TPSA) is 76.1 Å². The van der Waals surface area contributed by atoms with Crippen molar-refractivity contribution in [2.24, 2.45) is 0 Å². The summed E-state index contributed by atoms with van der Waals surface area (Å²) in [4.78, 5) is 13.6. The number of hydrogen-bond donors (Lipinski definition) is 0. The summed E-state index contributed by atoms with van der Waals surface area (Å²) in [5, 5.41) is 8.69. The number of nitrogens with zero attached hydrogens (tertiary/aromatic N) is 7. The molecule has 5 rings (SSSR count). The van der Waals surface area contributed by atoms with Crippen molar-refractivity contribution >= 4 is 0 Å². The maximum Gasteiger partial charge on any atom is 0.241 e. The van der Waals surface area contributed by atoms with Gasteiger partial charge in [0.25, 0.3) is 0 Å². The summed E-state index contributed by atoms with van der Waals surface area (Å²) in [5.74, 6) is 1.32. The molecule has 4 heterocycles. The molecule has 1 aliphatic rings. The van der Waals surface area contributed by atoms with Crippen molar-refractivity contribution in [1.29, 1.82) is 0 Å². The van der Waals surface area contributed by atoms with E-state index >= 15 is 0 Å². The number of piperazine rings is 1. The van der Waals surface area contributed by atoms with Gasteiger partial charge in [0, 0.05) is 55.9 Å². The van der Waals surface area contributed by atoms with E-state index in [0.717, 1.165) is 55.2 Å². The Morgan fingerprint density at radius 2 is 1.77 bits per heavy atom. The molecular formula is C23H25N7O. The normalized spacial score (nSPS) is 15.4. The molecule has 3 aromatic heterocycles. The maximum atomic E-state index is 5.52. The predicted molar refractivity (Wildman–Crippen MR) is 117 cm³/mol. The van der Waals surface area contributed by atoms with E-state index in [0.29, 0.717) is 18.3 Å². The van der Waals surface area contributed by atoms with E-state index in [4.69, 9.17) is 4.52 Å². The fraction of sp³-hybridized carbons (Fsp3) is 0.304. The second-order valence-corrected chi connectivity index (χ2v) is 7.82. The average Bonchev–Trinajstić information content (AvgIpc) is 3.46. The average molecular weight is 416 g/mol. The van der Waals surface area contributed by atoms with Crippen LogP contribution in [0.1, 0.15) is 11.5 Å². The molecule has 0 unspecified atom stereocenters. The molecule has 1 aliphatic heterocycles. The molecule has 0 amide bonds. The molecule has 31 heavy (non-hydrogen) atoms. The van der Waals surface area contributed by atoms with Crippen molar-refractivity contribution < 1.29 is 4.52 Å². The molecule has 0 aliphatic carbocycles. The first-order valence-corrected chi connectivity index (χ1v) is 10.5. The summed E-state index contributed by atoms with van der Waals surface area (Å²) >= 11 is 0. The standard InChI is InChI=1S/C23H25N7O/c1-18-5-2-3-7-20(18)23-26-22(31-27-23)16-28-11-13-29(14-12-28)17-30-21(8-10-25-30)19-6-4-9-24-15-19/h2-10,15H,11-14,16-17H2,1H3. The third-order valence-electron chi connectivity index (χ3n) is 5.69. The lowest BCUT2D eigenvalue weighted by molar-refractivity contribution is 0.0920. The van der Waals surface area contributed by atoms with E-state index < -0.39 is 0 Å². The molecule has 1 fully saturated rings. The number of aryl methyl sites for hydroxylation is 1. The van der Waals surface area contributed by atoms with Gasteiger partial charge in [-0.25, -0.2) is 0 Å². The van der Waals surface area contributed by atoms with Crippen LogP contribution >= 0.6 is 0 Å². The molecule has 1 saturated heterocycles. The second-order valence-electron chi connectivity index (χ2n) is 7.82. The lowest BCUT2D eigenvalue weighted by atomic mass is 10.1. The molecule has 0 spiro atoms. The Morgan fingerprint density at radius 1 is 0.935 bits per heavy atom. The zero-order valence-electron chi connectivity index (χ0n) is 17.6. The Bertz CT molecular complexity index is 1130. The van der Waals surface area contributed by atoms with Gasteiger partial charge >= 0.3 is 0 Å². The van der Waals surface area contributed by atoms with Gasteiger partial charge in [0.1, 0.15) is 0 Å². The van der Waals surface area contributed by atoms with Gasteiger partial charge in [-0.3, -0.25) is 19.5 Å². The van der Waals surface area contributed by atoms with Crippen LogP contribution in [0.2, 0.25) is 0 Å². The lowest BCUT2D eigenvalue weighted by Crippen LogP contribution is -2.46. The molecule has 158 valence electrons. The van der Waals surface area contributed by atoms with Gasteiger partial charge in [-0.1, -0.05) is 29.4 Å². The fourth-order valence-electron chi connectivity index (χ4n) is 3.93. The van der Waals surface area contributed by atoms with Gasteiger partial charge < -0.3 is 4.52 Å². The van der Waals surface area contributed by atoms with Gasteiger partial charge in [-0.05, 0) is 30.7 Å². The first-order valence-electron chi connectivity index (χ1n) is 10.5. The summed E-state index contributed by atoms with van der Waals surface area (Å²) in [6.07, 6.45) is 5.51. The number of benzene rings is 1. The lowest BCUT2D eigenvalue weighted by Gasteiger charge is -2.33. The van der Waals surface area contributed by atoms with Gasteiger partial charge in [-0.15, -0.1) is 0 Å². The highest BCUT2D eigenvalue weighted by atomic mass is 16.5. The summed E-state index contributed by atoms with van der Waals surface area (Å²) in [5.41, 5.74) is 4.34. The number of aromatic nitrogens is 5. The van der Waals surface area contributed by atoms with Gasteiger partial charge in [-0.2, -0.15) is 10.1 Å². The molecule has 8 heteroatoms. The van der Waals surface area contributed by atoms with Crippen LogP contribution < -0.4 is 0 Å². The first kappa shape index (κ1) is 19.6. The van der Waals surface area contributed by atoms with Crippen LogP contribution in [0.3, 0.4) is 0 Å². The van der Waals surface area contributed by atoms with Crippen LogP contribution in [0.5, 0.6) is 0 Å². The van der Waals surface area contributed by atoms with Crippen LogP contribution in [-0.4, -0.2) is 60.9 Å². The highest BCUT2D eigenvalue weighted by molar-refractivity contribution is 5.59. The molecule has 0 radical (unpaired) electrons. The number of hydrogen-bond acceptors (Lipinski definition) is 7. The molecule has 0 N–H and O–H groups in total. The molecule has 4 aromatic rings. The quantitative estimate of drug-likeness (QED) is 0.479. The van der Waals surface area contributed by atoms with Crippen LogP contribution in [-0.2, 0) is 13.2 Å².